The smallest absolute Gasteiger partial charge is 0.407 e. The van der Waals surface area contributed by atoms with E-state index in [-0.39, 0.29) is 17.3 Å². The fraction of sp³-hybridized carbons (Fsp3) is 0.417. The average Bonchev–Trinajstić information content (AvgIpc) is 2.20. The van der Waals surface area contributed by atoms with Crippen molar-refractivity contribution in [1.82, 2.24) is 5.32 Å². The van der Waals surface area contributed by atoms with Crippen molar-refractivity contribution in [1.29, 1.82) is 0 Å². The summed E-state index contributed by atoms with van der Waals surface area (Å²) in [6, 6.07) is 4.37. The van der Waals surface area contributed by atoms with Crippen molar-refractivity contribution in [3.63, 3.8) is 0 Å². The number of benzene rings is 1. The maximum atomic E-state index is 13.4. The lowest BCUT2D eigenvalue weighted by Gasteiger charge is -2.38. The van der Waals surface area contributed by atoms with Gasteiger partial charge in [-0.3, -0.25) is 0 Å². The topological polar surface area (TPSA) is 38.3 Å². The van der Waals surface area contributed by atoms with Gasteiger partial charge < -0.3 is 10.1 Å². The van der Waals surface area contributed by atoms with Crippen LogP contribution in [0.15, 0.2) is 22.7 Å². The van der Waals surface area contributed by atoms with Gasteiger partial charge in [-0.25, -0.2) is 9.18 Å². The normalized spacial score (nSPS) is 22.8. The Hall–Kier alpha value is -1.10. The largest absolute Gasteiger partial charge is 0.449 e. The van der Waals surface area contributed by atoms with E-state index in [1.807, 2.05) is 13.8 Å². The summed E-state index contributed by atoms with van der Waals surface area (Å²) in [4.78, 5) is 11.3. The van der Waals surface area contributed by atoms with Crippen molar-refractivity contribution in [3.05, 3.63) is 34.1 Å². The Bertz CT molecular complexity index is 442. The van der Waals surface area contributed by atoms with E-state index >= 15 is 0 Å². The van der Waals surface area contributed by atoms with Crippen molar-refractivity contribution in [2.75, 3.05) is 6.61 Å². The van der Waals surface area contributed by atoms with Crippen LogP contribution in [0.3, 0.4) is 0 Å². The summed E-state index contributed by atoms with van der Waals surface area (Å²) in [6.45, 7) is 4.25. The number of nitrogens with one attached hydrogen (secondary N) is 1. The van der Waals surface area contributed by atoms with Crippen LogP contribution in [-0.2, 0) is 4.74 Å². The van der Waals surface area contributed by atoms with Gasteiger partial charge in [0.2, 0.25) is 0 Å². The lowest BCUT2D eigenvalue weighted by molar-refractivity contribution is 0.0386. The summed E-state index contributed by atoms with van der Waals surface area (Å²) in [7, 11) is 0. The van der Waals surface area contributed by atoms with E-state index in [0.717, 1.165) is 5.56 Å². The third kappa shape index (κ3) is 2.60. The van der Waals surface area contributed by atoms with E-state index in [0.29, 0.717) is 11.1 Å². The number of carbonyl (C=O) groups excluding carboxylic acids is 1. The Balaban J connectivity index is 2.39. The van der Waals surface area contributed by atoms with Crippen LogP contribution in [-0.4, -0.2) is 12.7 Å². The van der Waals surface area contributed by atoms with E-state index < -0.39 is 6.09 Å². The van der Waals surface area contributed by atoms with Crippen LogP contribution in [0.1, 0.15) is 25.5 Å². The minimum absolute atomic E-state index is 0.254. The highest BCUT2D eigenvalue weighted by atomic mass is 79.9. The Labute approximate surface area is 107 Å². The Morgan fingerprint density at radius 3 is 2.82 bits per heavy atom. The molecule has 1 saturated heterocycles. The van der Waals surface area contributed by atoms with Crippen molar-refractivity contribution in [3.8, 4) is 0 Å². The van der Waals surface area contributed by atoms with Crippen molar-refractivity contribution in [2.45, 2.75) is 19.9 Å². The van der Waals surface area contributed by atoms with Crippen LogP contribution in [0, 0.1) is 11.2 Å². The molecule has 1 aromatic rings. The molecule has 1 atom stereocenters. The summed E-state index contributed by atoms with van der Waals surface area (Å²) >= 11 is 3.25. The molecule has 92 valence electrons. The lowest BCUT2D eigenvalue weighted by Crippen LogP contribution is -2.46. The van der Waals surface area contributed by atoms with Crippen LogP contribution in [0.4, 0.5) is 9.18 Å². The third-order valence-corrected chi connectivity index (χ3v) is 3.29. The number of hydrogen-bond acceptors (Lipinski definition) is 2. The number of cyclic esters (lactones) is 1. The van der Waals surface area contributed by atoms with Crippen molar-refractivity contribution >= 4 is 22.0 Å². The monoisotopic (exact) mass is 301 g/mol. The molecule has 0 radical (unpaired) electrons. The first-order chi connectivity index (χ1) is 7.88. The van der Waals surface area contributed by atoms with Gasteiger partial charge in [0.1, 0.15) is 12.4 Å². The quantitative estimate of drug-likeness (QED) is 0.863. The van der Waals surface area contributed by atoms with Gasteiger partial charge in [-0.1, -0.05) is 29.8 Å². The zero-order valence-electron chi connectivity index (χ0n) is 9.59. The van der Waals surface area contributed by atoms with Crippen LogP contribution in [0.25, 0.3) is 0 Å². The predicted octanol–water partition coefficient (Wildman–Crippen LogP) is 3.40. The molecule has 1 heterocycles. The Morgan fingerprint density at radius 1 is 1.47 bits per heavy atom. The van der Waals surface area contributed by atoms with E-state index in [1.54, 1.807) is 6.07 Å². The van der Waals surface area contributed by atoms with Gasteiger partial charge in [0.05, 0.1) is 6.04 Å². The molecule has 0 saturated carbocycles. The molecular formula is C12H13BrFNO2. The van der Waals surface area contributed by atoms with Gasteiger partial charge in [-0.2, -0.15) is 0 Å². The Morgan fingerprint density at radius 2 is 2.18 bits per heavy atom. The summed E-state index contributed by atoms with van der Waals surface area (Å²) < 4.78 is 19.0. The number of ether oxygens (including phenoxy) is 1. The second-order valence-corrected chi connectivity index (χ2v) is 5.76. The highest BCUT2D eigenvalue weighted by Gasteiger charge is 2.38. The second-order valence-electron chi connectivity index (χ2n) is 4.84. The van der Waals surface area contributed by atoms with Gasteiger partial charge >= 0.3 is 6.09 Å². The maximum absolute atomic E-state index is 13.4. The molecule has 1 N–H and O–H groups in total. The zero-order valence-corrected chi connectivity index (χ0v) is 11.2. The second kappa shape index (κ2) is 4.29. The van der Waals surface area contributed by atoms with Crippen LogP contribution in [0.5, 0.6) is 0 Å². The molecule has 0 spiro atoms. The molecule has 2 rings (SSSR count). The number of amides is 1. The standard InChI is InChI=1S/C12H13BrFNO2/c1-12(2)6-17-11(16)15-10(12)7-3-8(13)5-9(14)4-7/h3-5,10H,6H2,1-2H3,(H,15,16)/t10-/m0/s1. The van der Waals surface area contributed by atoms with Gasteiger partial charge in [0, 0.05) is 9.89 Å². The number of halogens is 2. The molecule has 0 aromatic heterocycles. The van der Waals surface area contributed by atoms with Crippen molar-refractivity contribution < 1.29 is 13.9 Å². The number of alkyl carbamates (subject to hydrolysis) is 1. The molecule has 5 heteroatoms. The third-order valence-electron chi connectivity index (χ3n) is 2.84. The molecule has 0 bridgehead atoms. The van der Waals surface area contributed by atoms with Crippen LogP contribution < -0.4 is 5.32 Å². The summed E-state index contributed by atoms with van der Waals surface area (Å²) in [5.41, 5.74) is 0.458. The molecule has 1 fully saturated rings. The summed E-state index contributed by atoms with van der Waals surface area (Å²) in [6.07, 6.45) is -0.463. The molecular weight excluding hydrogens is 289 g/mol. The van der Waals surface area contributed by atoms with Gasteiger partial charge in [-0.15, -0.1) is 0 Å². The molecule has 1 aliphatic heterocycles. The van der Waals surface area contributed by atoms with Crippen LogP contribution in [0.2, 0.25) is 0 Å². The lowest BCUT2D eigenvalue weighted by atomic mass is 9.80. The van der Waals surface area contributed by atoms with Gasteiger partial charge in [0.15, 0.2) is 0 Å². The molecule has 1 aliphatic rings. The molecule has 1 amide bonds. The minimum atomic E-state index is -0.463. The summed E-state index contributed by atoms with van der Waals surface area (Å²) in [5.74, 6) is -0.328. The zero-order chi connectivity index (χ0) is 12.6. The minimum Gasteiger partial charge on any atom is -0.449 e. The molecule has 3 nitrogen and oxygen atoms in total. The van der Waals surface area contributed by atoms with Crippen LogP contribution >= 0.6 is 15.9 Å². The highest BCUT2D eigenvalue weighted by Crippen LogP contribution is 2.37. The number of hydrogen-bond donors (Lipinski definition) is 1. The number of carbonyl (C=O) groups is 1. The molecule has 0 aliphatic carbocycles. The highest BCUT2D eigenvalue weighted by molar-refractivity contribution is 9.10. The first kappa shape index (κ1) is 12.4. The SMILES string of the molecule is CC1(C)COC(=O)N[C@H]1c1cc(F)cc(Br)c1. The molecule has 17 heavy (non-hydrogen) atoms. The first-order valence-corrected chi connectivity index (χ1v) is 6.07. The number of rotatable bonds is 1. The fourth-order valence-electron chi connectivity index (χ4n) is 1.97. The fourth-order valence-corrected chi connectivity index (χ4v) is 2.45. The van der Waals surface area contributed by atoms with E-state index in [9.17, 15) is 9.18 Å². The molecule has 0 unspecified atom stereocenters. The first-order valence-electron chi connectivity index (χ1n) is 5.28. The van der Waals surface area contributed by atoms with Gasteiger partial charge in [0.25, 0.3) is 0 Å². The van der Waals surface area contributed by atoms with Crippen molar-refractivity contribution in [2.24, 2.45) is 5.41 Å². The summed E-state index contributed by atoms with van der Waals surface area (Å²) in [5, 5.41) is 2.73. The average molecular weight is 302 g/mol. The predicted molar refractivity (Wildman–Crippen MR) is 65.1 cm³/mol. The Kier molecular flexibility index (Phi) is 3.12. The van der Waals surface area contributed by atoms with E-state index in [1.165, 1.54) is 12.1 Å². The van der Waals surface area contributed by atoms with E-state index in [4.69, 9.17) is 4.74 Å². The van der Waals surface area contributed by atoms with Gasteiger partial charge in [-0.05, 0) is 23.8 Å². The maximum Gasteiger partial charge on any atom is 0.407 e. The van der Waals surface area contributed by atoms with E-state index in [2.05, 4.69) is 21.2 Å². The molecule has 1 aromatic carbocycles.